The predicted molar refractivity (Wildman–Crippen MR) is 254 cm³/mol. The van der Waals surface area contributed by atoms with Crippen LogP contribution in [0.1, 0.15) is 96.3 Å². The molecule has 0 radical (unpaired) electrons. The molecule has 6 aromatic carbocycles. The van der Waals surface area contributed by atoms with E-state index in [1.165, 1.54) is 24.3 Å². The van der Waals surface area contributed by atoms with Crippen LogP contribution in [0, 0.1) is 13.8 Å². The Balaban J connectivity index is 0.976. The number of carbonyl (C=O) groups is 2. The van der Waals surface area contributed by atoms with Crippen LogP contribution in [-0.2, 0) is 26.7 Å². The van der Waals surface area contributed by atoms with Crippen LogP contribution in [0.25, 0.3) is 22.3 Å². The Labute approximate surface area is 396 Å². The van der Waals surface area contributed by atoms with Crippen molar-refractivity contribution in [2.75, 3.05) is 13.2 Å². The number of benzene rings is 6. The first-order valence-electron chi connectivity index (χ1n) is 22.1. The molecule has 2 atom stereocenters. The van der Waals surface area contributed by atoms with Gasteiger partial charge in [0.05, 0.1) is 11.1 Å². The highest BCUT2D eigenvalue weighted by Gasteiger charge is 2.31. The van der Waals surface area contributed by atoms with Gasteiger partial charge in [-0.3, -0.25) is 0 Å². The molecule has 1 unspecified atom stereocenters. The number of alkyl halides is 6. The smallest absolute Gasteiger partial charge is 0.416 e. The molecule has 0 saturated heterocycles. The second kappa shape index (κ2) is 23.4. The molecule has 0 spiro atoms. The molecule has 0 aliphatic rings. The Morgan fingerprint density at radius 1 is 0.493 bits per heavy atom. The van der Waals surface area contributed by atoms with Gasteiger partial charge in [-0.05, 0) is 132 Å². The van der Waals surface area contributed by atoms with Crippen molar-refractivity contribution in [2.24, 2.45) is 0 Å². The fourth-order valence-corrected chi connectivity index (χ4v) is 9.95. The molecule has 5 nitrogen and oxygen atoms in total. The molecule has 13 heteroatoms. The number of thioether (sulfide) groups is 2. The van der Waals surface area contributed by atoms with Crippen LogP contribution >= 0.6 is 23.5 Å². The number of halogens is 6. The molecule has 0 N–H and O–H groups in total. The summed E-state index contributed by atoms with van der Waals surface area (Å²) in [5, 5.41) is 0.257. The fraction of sp³-hybridized carbons (Fsp3) is 0.296. The average Bonchev–Trinajstić information content (AvgIpc) is 3.30. The maximum Gasteiger partial charge on any atom is 0.416 e. The SMILES string of the molecule is CCCCC(Sc1ccc(OCC(=O)OC(=O)COc2ccc(S[C@@H](CCCC)c3ccc(-c4ccc(C(F)(F)F)cc4)cc3)cc2C)c(C)c1)c1ccc(-c2ccc(C(F)(F)F)cc2)cc1. The van der Waals surface area contributed by atoms with Crippen molar-refractivity contribution in [3.63, 3.8) is 0 Å². The van der Waals surface area contributed by atoms with Gasteiger partial charge in [0.2, 0.25) is 0 Å². The number of esters is 2. The molecule has 0 bridgehead atoms. The largest absolute Gasteiger partial charge is 0.482 e. The Hall–Kier alpha value is -5.66. The number of ether oxygens (including phenoxy) is 3. The number of hydrogen-bond donors (Lipinski definition) is 0. The van der Waals surface area contributed by atoms with Gasteiger partial charge in [-0.25, -0.2) is 9.59 Å². The lowest BCUT2D eigenvalue weighted by molar-refractivity contribution is -0.162. The fourth-order valence-electron chi connectivity index (χ4n) is 7.35. The zero-order valence-corrected chi connectivity index (χ0v) is 39.3. The minimum atomic E-state index is -4.39. The van der Waals surface area contributed by atoms with E-state index >= 15 is 0 Å². The molecule has 0 aliphatic heterocycles. The standard InChI is InChI=1S/C54H52F6O5S2/c1-5-7-9-49(41-15-11-37(12-16-41)39-19-23-43(24-20-39)53(55,56)57)66-45-27-29-47(35(3)31-45)63-33-51(61)65-52(62)34-64-48-30-28-46(32-36(48)4)67-50(10-8-6-2)42-17-13-38(14-18-42)40-21-25-44(26-22-40)54(58,59)60/h11-32,49-50H,5-10,33-34H2,1-4H3/t49-,50?/m0/s1. The maximum atomic E-state index is 13.1. The van der Waals surface area contributed by atoms with Crippen molar-refractivity contribution >= 4 is 35.5 Å². The lowest BCUT2D eigenvalue weighted by Crippen LogP contribution is -2.23. The third kappa shape index (κ3) is 14.7. The summed E-state index contributed by atoms with van der Waals surface area (Å²) in [5.41, 5.74) is 5.50. The van der Waals surface area contributed by atoms with E-state index in [4.69, 9.17) is 14.2 Å². The quantitative estimate of drug-likeness (QED) is 0.0327. The van der Waals surface area contributed by atoms with Crippen molar-refractivity contribution in [1.82, 2.24) is 0 Å². The van der Waals surface area contributed by atoms with E-state index in [0.29, 0.717) is 22.6 Å². The Morgan fingerprint density at radius 3 is 1.12 bits per heavy atom. The van der Waals surface area contributed by atoms with Gasteiger partial charge in [0.15, 0.2) is 13.2 Å². The third-order valence-corrected chi connectivity index (χ3v) is 13.7. The van der Waals surface area contributed by atoms with Crippen LogP contribution in [0.3, 0.4) is 0 Å². The minimum Gasteiger partial charge on any atom is -0.482 e. The summed E-state index contributed by atoms with van der Waals surface area (Å²) in [6, 6.07) is 37.5. The summed E-state index contributed by atoms with van der Waals surface area (Å²) >= 11 is 3.40. The van der Waals surface area contributed by atoms with E-state index in [2.05, 4.69) is 13.8 Å². The molecule has 67 heavy (non-hydrogen) atoms. The van der Waals surface area contributed by atoms with Crippen LogP contribution < -0.4 is 9.47 Å². The van der Waals surface area contributed by atoms with Crippen LogP contribution in [0.5, 0.6) is 11.5 Å². The van der Waals surface area contributed by atoms with Crippen LogP contribution in [0.15, 0.2) is 143 Å². The van der Waals surface area contributed by atoms with Gasteiger partial charge in [0.25, 0.3) is 0 Å². The van der Waals surface area contributed by atoms with Gasteiger partial charge in [-0.1, -0.05) is 112 Å². The molecule has 6 aromatic rings. The second-order valence-corrected chi connectivity index (χ2v) is 18.7. The van der Waals surface area contributed by atoms with Crippen LogP contribution in [-0.4, -0.2) is 25.2 Å². The van der Waals surface area contributed by atoms with Crippen LogP contribution in [0.2, 0.25) is 0 Å². The monoisotopic (exact) mass is 958 g/mol. The summed E-state index contributed by atoms with van der Waals surface area (Å²) in [7, 11) is 0. The van der Waals surface area contributed by atoms with Gasteiger partial charge in [0, 0.05) is 20.3 Å². The summed E-state index contributed by atoms with van der Waals surface area (Å²) in [6.45, 7) is 7.04. The van der Waals surface area contributed by atoms with E-state index < -0.39 is 48.6 Å². The molecular weight excluding hydrogens is 907 g/mol. The summed E-state index contributed by atoms with van der Waals surface area (Å²) in [5.74, 6) is -0.784. The Bertz CT molecular complexity index is 2380. The van der Waals surface area contributed by atoms with Gasteiger partial charge < -0.3 is 14.2 Å². The molecule has 0 aliphatic carbocycles. The lowest BCUT2D eigenvalue weighted by atomic mass is 10.00. The van der Waals surface area contributed by atoms with E-state index in [1.54, 1.807) is 35.7 Å². The normalized spacial score (nSPS) is 12.6. The first-order valence-corrected chi connectivity index (χ1v) is 23.9. The van der Waals surface area contributed by atoms with Crippen LogP contribution in [0.4, 0.5) is 26.3 Å². The number of aryl methyl sites for hydroxylation is 2. The van der Waals surface area contributed by atoms with Gasteiger partial charge >= 0.3 is 24.3 Å². The van der Waals surface area contributed by atoms with E-state index in [1.807, 2.05) is 86.6 Å². The second-order valence-electron chi connectivity index (χ2n) is 16.2. The molecule has 0 amide bonds. The third-order valence-electron chi connectivity index (χ3n) is 11.1. The van der Waals surface area contributed by atoms with Gasteiger partial charge in [0.1, 0.15) is 11.5 Å². The average molecular weight is 959 g/mol. The van der Waals surface area contributed by atoms with Crippen molar-refractivity contribution in [3.05, 3.63) is 167 Å². The molecule has 0 fully saturated rings. The van der Waals surface area contributed by atoms with E-state index in [-0.39, 0.29) is 10.5 Å². The number of hydrogen-bond acceptors (Lipinski definition) is 7. The predicted octanol–water partition coefficient (Wildman–Crippen LogP) is 16.2. The highest BCUT2D eigenvalue weighted by molar-refractivity contribution is 7.99. The number of unbranched alkanes of at least 4 members (excludes halogenated alkanes) is 2. The molecule has 0 heterocycles. The van der Waals surface area contributed by atoms with Gasteiger partial charge in [-0.2, -0.15) is 26.3 Å². The number of rotatable bonds is 20. The molecule has 6 rings (SSSR count). The van der Waals surface area contributed by atoms with Crippen molar-refractivity contribution in [2.45, 2.75) is 98.9 Å². The van der Waals surface area contributed by atoms with Crippen molar-refractivity contribution in [1.29, 1.82) is 0 Å². The molecule has 0 saturated carbocycles. The summed E-state index contributed by atoms with van der Waals surface area (Å²) < 4.78 is 94.8. The zero-order valence-electron chi connectivity index (χ0n) is 37.6. The Kier molecular flexibility index (Phi) is 17.7. The zero-order chi connectivity index (χ0) is 48.1. The van der Waals surface area contributed by atoms with Crippen molar-refractivity contribution in [3.8, 4) is 33.8 Å². The molecule has 0 aromatic heterocycles. The summed E-state index contributed by atoms with van der Waals surface area (Å²) in [4.78, 5) is 27.2. The van der Waals surface area contributed by atoms with E-state index in [9.17, 15) is 35.9 Å². The van der Waals surface area contributed by atoms with E-state index in [0.717, 1.165) is 106 Å². The highest BCUT2D eigenvalue weighted by atomic mass is 32.2. The van der Waals surface area contributed by atoms with Crippen molar-refractivity contribution < 1.29 is 50.1 Å². The van der Waals surface area contributed by atoms with Gasteiger partial charge in [-0.15, -0.1) is 23.5 Å². The summed E-state index contributed by atoms with van der Waals surface area (Å²) in [6.07, 6.45) is -2.87. The topological polar surface area (TPSA) is 61.8 Å². The number of carbonyl (C=O) groups excluding carboxylic acids is 2. The molecular formula is C54H52F6O5S2. The maximum absolute atomic E-state index is 13.1. The molecule has 352 valence electrons. The first kappa shape index (κ1) is 50.7. The first-order chi connectivity index (χ1) is 32.0. The highest BCUT2D eigenvalue weighted by Crippen LogP contribution is 2.43. The lowest BCUT2D eigenvalue weighted by Gasteiger charge is -2.19. The minimum absolute atomic E-state index is 0.128. The Morgan fingerprint density at radius 2 is 0.821 bits per heavy atom.